The molecule has 1 aromatic heterocycles. The number of nitrogens with zero attached hydrogens (tertiary/aromatic N) is 2. The van der Waals surface area contributed by atoms with Crippen LogP contribution in [0.4, 0.5) is 0 Å². The number of amides is 1. The Kier molecular flexibility index (Phi) is 8.84. The summed E-state index contributed by atoms with van der Waals surface area (Å²) in [5, 5.41) is 3.26. The molecular weight excluding hydrogens is 434 g/mol. The van der Waals surface area contributed by atoms with Crippen LogP contribution in [0.15, 0.2) is 48.5 Å². The molecule has 35 heavy (non-hydrogen) atoms. The lowest BCUT2D eigenvalue weighted by atomic mass is 9.88. The minimum Gasteiger partial charge on any atom is -0.494 e. The van der Waals surface area contributed by atoms with Crippen LogP contribution in [0.1, 0.15) is 95.5 Å². The number of hydrogen-bond donors (Lipinski definition) is 1. The van der Waals surface area contributed by atoms with Gasteiger partial charge in [0.2, 0.25) is 5.91 Å². The summed E-state index contributed by atoms with van der Waals surface area (Å²) < 4.78 is 8.28. The molecule has 1 amide bonds. The Morgan fingerprint density at radius 3 is 2.54 bits per heavy atom. The van der Waals surface area contributed by atoms with E-state index in [-0.39, 0.29) is 17.9 Å². The highest BCUT2D eigenvalue weighted by Crippen LogP contribution is 2.26. The first-order chi connectivity index (χ1) is 17.1. The summed E-state index contributed by atoms with van der Waals surface area (Å²) in [6.45, 7) is 8.08. The van der Waals surface area contributed by atoms with Gasteiger partial charge in [-0.1, -0.05) is 57.4 Å². The second-order valence-electron chi connectivity index (χ2n) is 10.1. The molecule has 5 nitrogen and oxygen atoms in total. The van der Waals surface area contributed by atoms with Crippen LogP contribution < -0.4 is 10.1 Å². The number of benzene rings is 2. The Hall–Kier alpha value is -2.82. The van der Waals surface area contributed by atoms with E-state index < -0.39 is 0 Å². The third-order valence-electron chi connectivity index (χ3n) is 7.51. The van der Waals surface area contributed by atoms with Crippen LogP contribution in [-0.4, -0.2) is 22.1 Å². The molecule has 4 rings (SSSR count). The van der Waals surface area contributed by atoms with E-state index in [2.05, 4.69) is 73.1 Å². The van der Waals surface area contributed by atoms with Crippen molar-refractivity contribution in [1.29, 1.82) is 0 Å². The second kappa shape index (κ2) is 12.2. The van der Waals surface area contributed by atoms with Gasteiger partial charge in [0.05, 0.1) is 23.7 Å². The molecule has 0 radical (unpaired) electrons. The Balaban J connectivity index is 1.34. The van der Waals surface area contributed by atoms with E-state index in [0.717, 1.165) is 74.1 Å². The molecule has 0 bridgehead atoms. The zero-order chi connectivity index (χ0) is 24.6. The average molecular weight is 476 g/mol. The number of carbonyl (C=O) groups excluding carboxylic acids is 1. The Bertz CT molecular complexity index is 1080. The maximum absolute atomic E-state index is 12.9. The molecule has 0 spiro atoms. The standard InChI is InChI=1S/C30H41N3O2/c1-4-22(2)24-16-18-26(19-17-24)35-21-11-10-20-33-28-15-9-8-14-27(28)32-29(33)23(3)31-30(34)25-12-6-5-7-13-25/h8-9,14-19,22-23,25H,4-7,10-13,20-21H2,1-3H3,(H,31,34). The number of hydrogen-bond acceptors (Lipinski definition) is 3. The Morgan fingerprint density at radius 2 is 1.80 bits per heavy atom. The lowest BCUT2D eigenvalue weighted by Crippen LogP contribution is -2.35. The maximum Gasteiger partial charge on any atom is 0.223 e. The van der Waals surface area contributed by atoms with Crippen LogP contribution in [-0.2, 0) is 11.3 Å². The van der Waals surface area contributed by atoms with Gasteiger partial charge in [-0.15, -0.1) is 0 Å². The van der Waals surface area contributed by atoms with E-state index in [1.807, 2.05) is 6.07 Å². The normalized spacial score (nSPS) is 16.2. The van der Waals surface area contributed by atoms with Crippen molar-refractivity contribution in [3.8, 4) is 5.75 Å². The third-order valence-corrected chi connectivity index (χ3v) is 7.51. The predicted octanol–water partition coefficient (Wildman–Crippen LogP) is 7.17. The number of aromatic nitrogens is 2. The van der Waals surface area contributed by atoms with Crippen molar-refractivity contribution in [2.45, 2.75) is 90.6 Å². The summed E-state index contributed by atoms with van der Waals surface area (Å²) >= 11 is 0. The molecule has 1 fully saturated rings. The molecule has 5 heteroatoms. The minimum atomic E-state index is -0.114. The van der Waals surface area contributed by atoms with E-state index in [9.17, 15) is 4.79 Å². The molecule has 2 aromatic carbocycles. The van der Waals surface area contributed by atoms with E-state index in [1.54, 1.807) is 0 Å². The zero-order valence-electron chi connectivity index (χ0n) is 21.6. The van der Waals surface area contributed by atoms with Crippen LogP contribution >= 0.6 is 0 Å². The molecule has 1 aliphatic rings. The molecule has 2 unspecified atom stereocenters. The number of fused-ring (bicyclic) bond motifs is 1. The summed E-state index contributed by atoms with van der Waals surface area (Å²) in [4.78, 5) is 17.8. The van der Waals surface area contributed by atoms with Crippen molar-refractivity contribution >= 4 is 16.9 Å². The number of imidazole rings is 1. The van der Waals surface area contributed by atoms with Crippen molar-refractivity contribution in [3.05, 3.63) is 59.9 Å². The summed E-state index contributed by atoms with van der Waals surface area (Å²) in [6, 6.07) is 16.7. The number of ether oxygens (including phenoxy) is 1. The van der Waals surface area contributed by atoms with E-state index in [1.165, 1.54) is 12.0 Å². The Morgan fingerprint density at radius 1 is 1.06 bits per heavy atom. The number of carbonyl (C=O) groups is 1. The van der Waals surface area contributed by atoms with Gasteiger partial charge in [0.15, 0.2) is 0 Å². The van der Waals surface area contributed by atoms with Gasteiger partial charge in [-0.2, -0.15) is 0 Å². The molecule has 1 saturated carbocycles. The van der Waals surface area contributed by atoms with E-state index >= 15 is 0 Å². The van der Waals surface area contributed by atoms with Crippen molar-refractivity contribution in [1.82, 2.24) is 14.9 Å². The first kappa shape index (κ1) is 25.3. The van der Waals surface area contributed by atoms with Gasteiger partial charge in [0.25, 0.3) is 0 Å². The zero-order valence-corrected chi connectivity index (χ0v) is 21.6. The highest BCUT2D eigenvalue weighted by molar-refractivity contribution is 5.80. The molecule has 2 atom stereocenters. The van der Waals surface area contributed by atoms with Gasteiger partial charge >= 0.3 is 0 Å². The molecule has 0 saturated heterocycles. The molecule has 3 aromatic rings. The molecule has 1 N–H and O–H groups in total. The molecule has 1 heterocycles. The molecule has 1 aliphatic carbocycles. The van der Waals surface area contributed by atoms with Crippen LogP contribution in [0.2, 0.25) is 0 Å². The second-order valence-corrected chi connectivity index (χ2v) is 10.1. The van der Waals surface area contributed by atoms with Crippen LogP contribution in [0.5, 0.6) is 5.75 Å². The van der Waals surface area contributed by atoms with Gasteiger partial charge in [-0.05, 0) is 74.8 Å². The highest BCUT2D eigenvalue weighted by atomic mass is 16.5. The highest BCUT2D eigenvalue weighted by Gasteiger charge is 2.24. The number of unbranched alkanes of at least 4 members (excludes halogenated alkanes) is 1. The monoisotopic (exact) mass is 475 g/mol. The summed E-state index contributed by atoms with van der Waals surface area (Å²) in [5.41, 5.74) is 3.48. The fourth-order valence-electron chi connectivity index (χ4n) is 5.11. The van der Waals surface area contributed by atoms with Crippen LogP contribution in [0.25, 0.3) is 11.0 Å². The minimum absolute atomic E-state index is 0.114. The largest absolute Gasteiger partial charge is 0.494 e. The summed E-state index contributed by atoms with van der Waals surface area (Å²) in [7, 11) is 0. The summed E-state index contributed by atoms with van der Waals surface area (Å²) in [5.74, 6) is 2.80. The smallest absolute Gasteiger partial charge is 0.223 e. The van der Waals surface area contributed by atoms with Gasteiger partial charge in [-0.3, -0.25) is 4.79 Å². The fourth-order valence-corrected chi connectivity index (χ4v) is 5.11. The SMILES string of the molecule is CCC(C)c1ccc(OCCCCn2c(C(C)NC(=O)C3CCCCC3)nc3ccccc32)cc1. The fraction of sp³-hybridized carbons (Fsp3) is 0.533. The van der Waals surface area contributed by atoms with E-state index in [4.69, 9.17) is 9.72 Å². The quantitative estimate of drug-likeness (QED) is 0.299. The van der Waals surface area contributed by atoms with Gasteiger partial charge in [0, 0.05) is 12.5 Å². The van der Waals surface area contributed by atoms with Gasteiger partial charge in [0.1, 0.15) is 11.6 Å². The number of para-hydroxylation sites is 2. The van der Waals surface area contributed by atoms with E-state index in [0.29, 0.717) is 12.5 Å². The first-order valence-electron chi connectivity index (χ1n) is 13.5. The molecular formula is C30H41N3O2. The third kappa shape index (κ3) is 6.45. The Labute approximate surface area is 210 Å². The van der Waals surface area contributed by atoms with Crippen molar-refractivity contribution in [2.75, 3.05) is 6.61 Å². The van der Waals surface area contributed by atoms with Crippen molar-refractivity contribution < 1.29 is 9.53 Å². The number of rotatable bonds is 11. The van der Waals surface area contributed by atoms with Crippen molar-refractivity contribution in [3.63, 3.8) is 0 Å². The van der Waals surface area contributed by atoms with Crippen LogP contribution in [0, 0.1) is 5.92 Å². The number of nitrogens with one attached hydrogen (secondary N) is 1. The van der Waals surface area contributed by atoms with Gasteiger partial charge < -0.3 is 14.6 Å². The van der Waals surface area contributed by atoms with Gasteiger partial charge in [-0.25, -0.2) is 4.98 Å². The summed E-state index contributed by atoms with van der Waals surface area (Å²) in [6.07, 6.45) is 8.69. The number of aryl methyl sites for hydroxylation is 1. The lowest BCUT2D eigenvalue weighted by Gasteiger charge is -2.23. The molecule has 188 valence electrons. The average Bonchev–Trinajstić information content (AvgIpc) is 3.27. The maximum atomic E-state index is 12.9. The molecule has 0 aliphatic heterocycles. The van der Waals surface area contributed by atoms with Crippen LogP contribution in [0.3, 0.4) is 0 Å². The van der Waals surface area contributed by atoms with Crippen molar-refractivity contribution in [2.24, 2.45) is 5.92 Å². The predicted molar refractivity (Wildman–Crippen MR) is 143 cm³/mol. The first-order valence-corrected chi connectivity index (χ1v) is 13.5. The lowest BCUT2D eigenvalue weighted by molar-refractivity contribution is -0.126. The topological polar surface area (TPSA) is 56.1 Å².